The van der Waals surface area contributed by atoms with Gasteiger partial charge >= 0.3 is 0 Å². The van der Waals surface area contributed by atoms with E-state index in [1.807, 2.05) is 24.3 Å². The molecule has 0 unspecified atom stereocenters. The fraction of sp³-hybridized carbons (Fsp3) is 0.409. The molecule has 4 nitrogen and oxygen atoms in total. The van der Waals surface area contributed by atoms with E-state index < -0.39 is 0 Å². The van der Waals surface area contributed by atoms with E-state index in [9.17, 15) is 4.79 Å². The van der Waals surface area contributed by atoms with Crippen LogP contribution in [0.4, 0.5) is 11.4 Å². The van der Waals surface area contributed by atoms with Crippen molar-refractivity contribution in [3.63, 3.8) is 0 Å². The standard InChI is InChI=1S/C22H29N3O/c1-4-24-11-13-25(14-12-24)21-8-6-5-7-20(21)23-22(26)16-19-10-9-17(2)18(3)15-19/h5-10,15H,4,11-14,16H2,1-3H3,(H,23,26). The number of benzene rings is 2. The van der Waals surface area contributed by atoms with Crippen LogP contribution in [-0.4, -0.2) is 43.5 Å². The SMILES string of the molecule is CCN1CCN(c2ccccc2NC(=O)Cc2ccc(C)c(C)c2)CC1. The quantitative estimate of drug-likeness (QED) is 0.893. The predicted octanol–water partition coefficient (Wildman–Crippen LogP) is 3.63. The Morgan fingerprint density at radius 1 is 1.00 bits per heavy atom. The molecule has 0 aromatic heterocycles. The van der Waals surface area contributed by atoms with Gasteiger partial charge in [0, 0.05) is 26.2 Å². The monoisotopic (exact) mass is 351 g/mol. The van der Waals surface area contributed by atoms with Crippen LogP contribution in [0.15, 0.2) is 42.5 Å². The number of hydrogen-bond acceptors (Lipinski definition) is 3. The first-order valence-corrected chi connectivity index (χ1v) is 9.49. The fourth-order valence-electron chi connectivity index (χ4n) is 3.45. The molecule has 1 heterocycles. The fourth-order valence-corrected chi connectivity index (χ4v) is 3.45. The lowest BCUT2D eigenvalue weighted by Crippen LogP contribution is -2.46. The van der Waals surface area contributed by atoms with Crippen molar-refractivity contribution >= 4 is 17.3 Å². The van der Waals surface area contributed by atoms with Crippen LogP contribution in [0.3, 0.4) is 0 Å². The van der Waals surface area contributed by atoms with Crippen LogP contribution in [0.1, 0.15) is 23.6 Å². The molecule has 1 fully saturated rings. The van der Waals surface area contributed by atoms with E-state index in [-0.39, 0.29) is 5.91 Å². The number of hydrogen-bond donors (Lipinski definition) is 1. The maximum absolute atomic E-state index is 12.6. The Bertz CT molecular complexity index is 764. The molecule has 1 aliphatic heterocycles. The van der Waals surface area contributed by atoms with Gasteiger partial charge in [0.15, 0.2) is 0 Å². The molecule has 1 aliphatic rings. The minimum absolute atomic E-state index is 0.0351. The molecule has 3 rings (SSSR count). The highest BCUT2D eigenvalue weighted by Gasteiger charge is 2.18. The molecule has 0 atom stereocenters. The van der Waals surface area contributed by atoms with Gasteiger partial charge in [0.1, 0.15) is 0 Å². The van der Waals surface area contributed by atoms with Gasteiger partial charge < -0.3 is 15.1 Å². The van der Waals surface area contributed by atoms with Crippen molar-refractivity contribution in [1.82, 2.24) is 4.90 Å². The Balaban J connectivity index is 1.68. The van der Waals surface area contributed by atoms with Crippen molar-refractivity contribution in [2.45, 2.75) is 27.2 Å². The number of anilines is 2. The maximum atomic E-state index is 12.6. The number of nitrogens with zero attached hydrogens (tertiary/aromatic N) is 2. The zero-order valence-electron chi connectivity index (χ0n) is 16.1. The summed E-state index contributed by atoms with van der Waals surface area (Å²) in [7, 11) is 0. The lowest BCUT2D eigenvalue weighted by Gasteiger charge is -2.36. The van der Waals surface area contributed by atoms with Gasteiger partial charge in [-0.05, 0) is 49.2 Å². The van der Waals surface area contributed by atoms with Gasteiger partial charge in [0.05, 0.1) is 17.8 Å². The summed E-state index contributed by atoms with van der Waals surface area (Å²) in [5, 5.41) is 3.12. The van der Waals surface area contributed by atoms with Gasteiger partial charge in [-0.25, -0.2) is 0 Å². The Labute approximate surface area is 156 Å². The van der Waals surface area contributed by atoms with E-state index in [0.717, 1.165) is 49.7 Å². The van der Waals surface area contributed by atoms with Gasteiger partial charge in [-0.15, -0.1) is 0 Å². The number of nitrogens with one attached hydrogen (secondary N) is 1. The van der Waals surface area contributed by atoms with Crippen molar-refractivity contribution in [3.05, 3.63) is 59.2 Å². The van der Waals surface area contributed by atoms with Gasteiger partial charge in [0.25, 0.3) is 0 Å². The summed E-state index contributed by atoms with van der Waals surface area (Å²) in [6.07, 6.45) is 0.402. The summed E-state index contributed by atoms with van der Waals surface area (Å²) < 4.78 is 0. The second kappa shape index (κ2) is 8.37. The summed E-state index contributed by atoms with van der Waals surface area (Å²) in [5.74, 6) is 0.0351. The van der Waals surface area contributed by atoms with E-state index in [2.05, 4.69) is 54.1 Å². The molecule has 138 valence electrons. The first-order valence-electron chi connectivity index (χ1n) is 9.49. The van der Waals surface area contributed by atoms with Crippen molar-refractivity contribution in [2.75, 3.05) is 42.9 Å². The summed E-state index contributed by atoms with van der Waals surface area (Å²) >= 11 is 0. The number of para-hydroxylation sites is 2. The molecular formula is C22H29N3O. The highest BCUT2D eigenvalue weighted by Crippen LogP contribution is 2.27. The third-order valence-corrected chi connectivity index (χ3v) is 5.27. The van der Waals surface area contributed by atoms with Crippen LogP contribution in [0.5, 0.6) is 0 Å². The first kappa shape index (κ1) is 18.5. The highest BCUT2D eigenvalue weighted by molar-refractivity contribution is 5.95. The molecular weight excluding hydrogens is 322 g/mol. The van der Waals surface area contributed by atoms with Crippen LogP contribution in [0.2, 0.25) is 0 Å². The third-order valence-electron chi connectivity index (χ3n) is 5.27. The number of carbonyl (C=O) groups excluding carboxylic acids is 1. The van der Waals surface area contributed by atoms with E-state index in [1.54, 1.807) is 0 Å². The molecule has 4 heteroatoms. The number of piperazine rings is 1. The molecule has 0 aliphatic carbocycles. The maximum Gasteiger partial charge on any atom is 0.228 e. The summed E-state index contributed by atoms with van der Waals surface area (Å²) in [6.45, 7) is 11.6. The van der Waals surface area contributed by atoms with Crippen molar-refractivity contribution in [3.8, 4) is 0 Å². The highest BCUT2D eigenvalue weighted by atomic mass is 16.1. The van der Waals surface area contributed by atoms with Crippen LogP contribution >= 0.6 is 0 Å². The van der Waals surface area contributed by atoms with Crippen molar-refractivity contribution in [2.24, 2.45) is 0 Å². The van der Waals surface area contributed by atoms with E-state index in [0.29, 0.717) is 6.42 Å². The summed E-state index contributed by atoms with van der Waals surface area (Å²) in [4.78, 5) is 17.4. The van der Waals surface area contributed by atoms with Gasteiger partial charge in [-0.2, -0.15) is 0 Å². The zero-order valence-corrected chi connectivity index (χ0v) is 16.1. The first-order chi connectivity index (χ1) is 12.6. The van der Waals surface area contributed by atoms with E-state index in [1.165, 1.54) is 11.1 Å². The molecule has 0 radical (unpaired) electrons. The van der Waals surface area contributed by atoms with Crippen LogP contribution < -0.4 is 10.2 Å². The molecule has 1 amide bonds. The molecule has 2 aromatic rings. The molecule has 26 heavy (non-hydrogen) atoms. The normalized spacial score (nSPS) is 15.1. The predicted molar refractivity (Wildman–Crippen MR) is 109 cm³/mol. The smallest absolute Gasteiger partial charge is 0.228 e. The topological polar surface area (TPSA) is 35.6 Å². The average molecular weight is 351 g/mol. The summed E-state index contributed by atoms with van der Waals surface area (Å²) in [5.41, 5.74) is 5.57. The molecule has 0 spiro atoms. The number of carbonyl (C=O) groups is 1. The molecule has 0 saturated carbocycles. The number of rotatable bonds is 5. The second-order valence-corrected chi connectivity index (χ2v) is 7.08. The lowest BCUT2D eigenvalue weighted by atomic mass is 10.0. The average Bonchev–Trinajstić information content (AvgIpc) is 2.65. The number of likely N-dealkylation sites (N-methyl/N-ethyl adjacent to an activating group) is 1. The summed E-state index contributed by atoms with van der Waals surface area (Å²) in [6, 6.07) is 14.4. The second-order valence-electron chi connectivity index (χ2n) is 7.08. The minimum Gasteiger partial charge on any atom is -0.367 e. The largest absolute Gasteiger partial charge is 0.367 e. The molecule has 1 saturated heterocycles. The lowest BCUT2D eigenvalue weighted by molar-refractivity contribution is -0.115. The van der Waals surface area contributed by atoms with E-state index in [4.69, 9.17) is 0 Å². The van der Waals surface area contributed by atoms with E-state index >= 15 is 0 Å². The molecule has 0 bridgehead atoms. The Morgan fingerprint density at radius 3 is 2.42 bits per heavy atom. The Hall–Kier alpha value is -2.33. The zero-order chi connectivity index (χ0) is 18.5. The van der Waals surface area contributed by atoms with Crippen LogP contribution in [0, 0.1) is 13.8 Å². The van der Waals surface area contributed by atoms with Crippen LogP contribution in [-0.2, 0) is 11.2 Å². The third kappa shape index (κ3) is 4.44. The minimum atomic E-state index is 0.0351. The van der Waals surface area contributed by atoms with Crippen LogP contribution in [0.25, 0.3) is 0 Å². The van der Waals surface area contributed by atoms with Crippen molar-refractivity contribution in [1.29, 1.82) is 0 Å². The van der Waals surface area contributed by atoms with Gasteiger partial charge in [0.2, 0.25) is 5.91 Å². The number of amides is 1. The van der Waals surface area contributed by atoms with Gasteiger partial charge in [-0.3, -0.25) is 4.79 Å². The Kier molecular flexibility index (Phi) is 5.94. The number of aryl methyl sites for hydroxylation is 2. The van der Waals surface area contributed by atoms with Crippen molar-refractivity contribution < 1.29 is 4.79 Å². The van der Waals surface area contributed by atoms with Gasteiger partial charge in [-0.1, -0.05) is 37.3 Å². The molecule has 2 aromatic carbocycles. The Morgan fingerprint density at radius 2 is 1.73 bits per heavy atom. The molecule has 1 N–H and O–H groups in total.